The van der Waals surface area contributed by atoms with Crippen LogP contribution in [0.4, 0.5) is 4.39 Å². The van der Waals surface area contributed by atoms with Crippen LogP contribution in [0.25, 0.3) is 22.2 Å². The summed E-state index contributed by atoms with van der Waals surface area (Å²) in [5, 5.41) is 13.4. The lowest BCUT2D eigenvalue weighted by atomic mass is 10.1. The average Bonchev–Trinajstić information content (AvgIpc) is 2.47. The molecule has 0 saturated carbocycles. The Morgan fingerprint density at radius 3 is 2.52 bits per heavy atom. The van der Waals surface area contributed by atoms with Gasteiger partial charge in [-0.3, -0.25) is 0 Å². The molecule has 0 spiro atoms. The minimum absolute atomic E-state index is 0.279. The molecule has 0 aliphatic rings. The van der Waals surface area contributed by atoms with Crippen LogP contribution in [0.3, 0.4) is 0 Å². The molecule has 0 aliphatic heterocycles. The molecule has 0 bridgehead atoms. The third kappa shape index (κ3) is 2.52. The highest BCUT2D eigenvalue weighted by molar-refractivity contribution is 6.31. The second-order valence-electron chi connectivity index (χ2n) is 4.44. The van der Waals surface area contributed by atoms with Crippen molar-refractivity contribution in [3.05, 3.63) is 64.6 Å². The number of halogens is 3. The van der Waals surface area contributed by atoms with E-state index in [0.29, 0.717) is 26.2 Å². The van der Waals surface area contributed by atoms with Gasteiger partial charge in [-0.1, -0.05) is 53.5 Å². The lowest BCUT2D eigenvalue weighted by Crippen LogP contribution is -2.36. The molecule has 0 fully saturated rings. The first-order valence-corrected chi connectivity index (χ1v) is 6.95. The molecule has 0 aliphatic carbocycles. The monoisotopic (exact) mass is 322 g/mol. The zero-order valence-corrected chi connectivity index (χ0v) is 12.1. The van der Waals surface area contributed by atoms with Crippen molar-refractivity contribution in [3.8, 4) is 11.3 Å². The van der Waals surface area contributed by atoms with Gasteiger partial charge in [0.15, 0.2) is 5.52 Å². The number of hydrogen-bond donors (Lipinski definition) is 0. The van der Waals surface area contributed by atoms with Crippen LogP contribution in [0, 0.1) is 5.21 Å². The minimum atomic E-state index is -1.98. The van der Waals surface area contributed by atoms with Crippen LogP contribution in [0.5, 0.6) is 0 Å². The molecule has 0 saturated heterocycles. The molecule has 0 radical (unpaired) electrons. The van der Waals surface area contributed by atoms with E-state index < -0.39 is 5.63 Å². The lowest BCUT2D eigenvalue weighted by molar-refractivity contribution is -0.606. The normalized spacial score (nSPS) is 12.5. The van der Waals surface area contributed by atoms with E-state index in [9.17, 15) is 9.60 Å². The molecule has 3 rings (SSSR count). The second kappa shape index (κ2) is 5.47. The van der Waals surface area contributed by atoms with E-state index in [4.69, 9.17) is 23.2 Å². The maximum Gasteiger partial charge on any atom is 0.352 e. The maximum absolute atomic E-state index is 13.5. The Morgan fingerprint density at radius 2 is 1.86 bits per heavy atom. The molecule has 0 amide bonds. The largest absolute Gasteiger partial charge is 0.710 e. The molecule has 21 heavy (non-hydrogen) atoms. The van der Waals surface area contributed by atoms with Crippen molar-refractivity contribution in [3.63, 3.8) is 0 Å². The van der Waals surface area contributed by atoms with E-state index in [-0.39, 0.29) is 11.5 Å². The molecule has 1 atom stereocenters. The third-order valence-electron chi connectivity index (χ3n) is 3.10. The zero-order valence-electron chi connectivity index (χ0n) is 10.6. The van der Waals surface area contributed by atoms with Crippen LogP contribution in [-0.4, -0.2) is 4.98 Å². The Balaban J connectivity index is 2.44. The summed E-state index contributed by atoms with van der Waals surface area (Å²) in [4.78, 5) is 3.99. The molecule has 1 aromatic heterocycles. The van der Waals surface area contributed by atoms with Crippen LogP contribution in [0.15, 0.2) is 48.5 Å². The van der Waals surface area contributed by atoms with E-state index >= 15 is 0 Å². The average molecular weight is 323 g/mol. The summed E-state index contributed by atoms with van der Waals surface area (Å²) < 4.78 is 13.9. The van der Waals surface area contributed by atoms with Crippen molar-refractivity contribution >= 4 is 34.1 Å². The van der Waals surface area contributed by atoms with Gasteiger partial charge < -0.3 is 5.21 Å². The molecule has 3 aromatic rings. The molecule has 6 heteroatoms. The molecule has 106 valence electrons. The Bertz CT molecular complexity index is 810. The summed E-state index contributed by atoms with van der Waals surface area (Å²) in [6.07, 6.45) is 0. The topological polar surface area (TPSA) is 39.8 Å². The fourth-order valence-electron chi connectivity index (χ4n) is 2.19. The summed E-state index contributed by atoms with van der Waals surface area (Å²) in [5.74, 6) is -0.384. The highest BCUT2D eigenvalue weighted by atomic mass is 35.5. The first-order chi connectivity index (χ1) is 10.1. The van der Waals surface area contributed by atoms with E-state index in [0.717, 1.165) is 0 Å². The predicted octanol–water partition coefficient (Wildman–Crippen LogP) is 4.40. The highest BCUT2D eigenvalue weighted by Crippen LogP contribution is 2.29. The molecule has 2 aromatic carbocycles. The molecule has 1 heterocycles. The zero-order chi connectivity index (χ0) is 15.0. The summed E-state index contributed by atoms with van der Waals surface area (Å²) in [7, 11) is 0. The number of alkyl halides is 2. The van der Waals surface area contributed by atoms with Crippen molar-refractivity contribution in [2.75, 3.05) is 0 Å². The highest BCUT2D eigenvalue weighted by Gasteiger charge is 2.25. The van der Waals surface area contributed by atoms with Gasteiger partial charge in [0.1, 0.15) is 5.69 Å². The number of nitrogens with zero attached hydrogens (tertiary/aromatic N) is 2. The fourth-order valence-corrected chi connectivity index (χ4v) is 2.50. The van der Waals surface area contributed by atoms with Gasteiger partial charge in [0, 0.05) is 10.6 Å². The van der Waals surface area contributed by atoms with E-state index in [1.165, 1.54) is 0 Å². The lowest BCUT2D eigenvalue weighted by Gasteiger charge is -2.14. The first kappa shape index (κ1) is 14.0. The van der Waals surface area contributed by atoms with Crippen molar-refractivity contribution in [2.45, 2.75) is 5.63 Å². The van der Waals surface area contributed by atoms with Crippen LogP contribution < -0.4 is 4.73 Å². The Hall–Kier alpha value is -1.91. The van der Waals surface area contributed by atoms with Crippen molar-refractivity contribution in [1.29, 1.82) is 0 Å². The molecular formula is C15H9Cl2FN2O. The number of fused-ring (bicyclic) bond motifs is 1. The predicted molar refractivity (Wildman–Crippen MR) is 80.9 cm³/mol. The van der Waals surface area contributed by atoms with Crippen LogP contribution in [0.1, 0.15) is 11.5 Å². The van der Waals surface area contributed by atoms with Crippen LogP contribution in [-0.2, 0) is 0 Å². The summed E-state index contributed by atoms with van der Waals surface area (Å²) in [6, 6.07) is 13.8. The summed E-state index contributed by atoms with van der Waals surface area (Å²) in [5.41, 5.74) is -0.601. The van der Waals surface area contributed by atoms with Gasteiger partial charge in [-0.15, -0.1) is 0 Å². The van der Waals surface area contributed by atoms with Gasteiger partial charge in [-0.05, 0) is 23.2 Å². The number of benzene rings is 2. The van der Waals surface area contributed by atoms with Crippen molar-refractivity contribution < 1.29 is 9.12 Å². The second-order valence-corrected chi connectivity index (χ2v) is 5.26. The van der Waals surface area contributed by atoms with E-state index in [2.05, 4.69) is 4.98 Å². The Kier molecular flexibility index (Phi) is 3.66. The quantitative estimate of drug-likeness (QED) is 0.398. The van der Waals surface area contributed by atoms with Gasteiger partial charge >= 0.3 is 5.82 Å². The number of aromatic nitrogens is 2. The number of hydrogen-bond acceptors (Lipinski definition) is 2. The van der Waals surface area contributed by atoms with E-state index in [1.807, 2.05) is 6.07 Å². The Labute approximate surface area is 130 Å². The molecular weight excluding hydrogens is 314 g/mol. The maximum atomic E-state index is 13.5. The first-order valence-electron chi connectivity index (χ1n) is 6.14. The molecule has 0 N–H and O–H groups in total. The fraction of sp³-hybridized carbons (Fsp3) is 0.0667. The van der Waals surface area contributed by atoms with E-state index in [1.54, 1.807) is 42.5 Å². The SMILES string of the molecule is [O-][n+]1c(C(F)Cl)nc2ccc(Cl)cc2c1-c1ccccc1. The van der Waals surface area contributed by atoms with Crippen molar-refractivity contribution in [2.24, 2.45) is 0 Å². The standard InChI is InChI=1S/C15H9Cl2FN2O/c16-10-6-7-12-11(8-10)13(9-4-2-1-3-5-9)20(21)15(19-12)14(17)18/h1-8,14H. The third-order valence-corrected chi connectivity index (χ3v) is 3.53. The van der Waals surface area contributed by atoms with Crippen molar-refractivity contribution in [1.82, 2.24) is 4.98 Å². The smallest absolute Gasteiger partial charge is 0.352 e. The minimum Gasteiger partial charge on any atom is -0.710 e. The van der Waals surface area contributed by atoms with Gasteiger partial charge in [-0.25, -0.2) is 9.12 Å². The summed E-state index contributed by atoms with van der Waals surface area (Å²) >= 11 is 11.4. The van der Waals surface area contributed by atoms with Gasteiger partial charge in [0.25, 0.3) is 5.63 Å². The Morgan fingerprint density at radius 1 is 1.14 bits per heavy atom. The summed E-state index contributed by atoms with van der Waals surface area (Å²) in [6.45, 7) is 0. The van der Waals surface area contributed by atoms with Crippen LogP contribution in [0.2, 0.25) is 5.02 Å². The van der Waals surface area contributed by atoms with Crippen LogP contribution >= 0.6 is 23.2 Å². The number of rotatable bonds is 2. The van der Waals surface area contributed by atoms with Gasteiger partial charge in [-0.2, -0.15) is 0 Å². The molecule has 3 nitrogen and oxygen atoms in total. The van der Waals surface area contributed by atoms with Gasteiger partial charge in [0.2, 0.25) is 0 Å². The molecule has 1 unspecified atom stereocenters. The van der Waals surface area contributed by atoms with Gasteiger partial charge in [0.05, 0.1) is 5.39 Å².